The number of hydrogen-bond donors (Lipinski definition) is 1. The SMILES string of the molecule is Cc1cc(C(=O)NC2COC2)c(F)cc1F. The second-order valence-electron chi connectivity index (χ2n) is 3.79. The summed E-state index contributed by atoms with van der Waals surface area (Å²) >= 11 is 0. The van der Waals surface area contributed by atoms with Crippen LogP contribution in [0.15, 0.2) is 12.1 Å². The molecule has 0 spiro atoms. The molecule has 3 nitrogen and oxygen atoms in total. The molecule has 0 atom stereocenters. The Kier molecular flexibility index (Phi) is 2.87. The van der Waals surface area contributed by atoms with Crippen LogP contribution in [0.2, 0.25) is 0 Å². The Morgan fingerprint density at radius 2 is 2.06 bits per heavy atom. The van der Waals surface area contributed by atoms with Gasteiger partial charge in [-0.1, -0.05) is 0 Å². The molecule has 1 fully saturated rings. The van der Waals surface area contributed by atoms with Crippen LogP contribution in [-0.4, -0.2) is 25.2 Å². The zero-order valence-electron chi connectivity index (χ0n) is 8.72. The third kappa shape index (κ3) is 2.04. The van der Waals surface area contributed by atoms with Gasteiger partial charge < -0.3 is 10.1 Å². The van der Waals surface area contributed by atoms with Gasteiger partial charge in [-0.05, 0) is 18.6 Å². The van der Waals surface area contributed by atoms with E-state index in [1.165, 1.54) is 13.0 Å². The molecule has 1 aromatic carbocycles. The maximum atomic E-state index is 13.3. The Hall–Kier alpha value is -1.49. The molecule has 1 saturated heterocycles. The van der Waals surface area contributed by atoms with Crippen LogP contribution in [0.3, 0.4) is 0 Å². The number of carbonyl (C=O) groups is 1. The molecule has 1 N–H and O–H groups in total. The van der Waals surface area contributed by atoms with Gasteiger partial charge in [0.25, 0.3) is 5.91 Å². The standard InChI is InChI=1S/C11H11F2NO2/c1-6-2-8(10(13)3-9(6)12)11(15)14-7-4-16-5-7/h2-3,7H,4-5H2,1H3,(H,14,15). The van der Waals surface area contributed by atoms with Crippen molar-refractivity contribution in [2.45, 2.75) is 13.0 Å². The minimum Gasteiger partial charge on any atom is -0.377 e. The number of ether oxygens (including phenoxy) is 1. The molecule has 0 radical (unpaired) electrons. The zero-order valence-corrected chi connectivity index (χ0v) is 8.72. The number of benzene rings is 1. The number of amides is 1. The first-order chi connectivity index (χ1) is 7.58. The van der Waals surface area contributed by atoms with E-state index in [2.05, 4.69) is 5.32 Å². The second kappa shape index (κ2) is 4.17. The number of rotatable bonds is 2. The molecule has 1 aromatic rings. The third-order valence-electron chi connectivity index (χ3n) is 2.47. The van der Waals surface area contributed by atoms with Gasteiger partial charge >= 0.3 is 0 Å². The molecule has 2 rings (SSSR count). The quantitative estimate of drug-likeness (QED) is 0.829. The largest absolute Gasteiger partial charge is 0.377 e. The van der Waals surface area contributed by atoms with Gasteiger partial charge in [0.15, 0.2) is 0 Å². The highest BCUT2D eigenvalue weighted by Crippen LogP contribution is 2.14. The van der Waals surface area contributed by atoms with Crippen LogP contribution in [0.1, 0.15) is 15.9 Å². The van der Waals surface area contributed by atoms with Gasteiger partial charge in [0.05, 0.1) is 24.8 Å². The monoisotopic (exact) mass is 227 g/mol. The maximum Gasteiger partial charge on any atom is 0.254 e. The van der Waals surface area contributed by atoms with Crippen LogP contribution in [0, 0.1) is 18.6 Å². The predicted molar refractivity (Wildman–Crippen MR) is 53.2 cm³/mol. The van der Waals surface area contributed by atoms with Gasteiger partial charge in [-0.15, -0.1) is 0 Å². The molecule has 1 heterocycles. The number of hydrogen-bond acceptors (Lipinski definition) is 2. The predicted octanol–water partition coefficient (Wildman–Crippen LogP) is 1.40. The van der Waals surface area contributed by atoms with Crippen molar-refractivity contribution >= 4 is 5.91 Å². The minimum atomic E-state index is -0.846. The Bertz CT molecular complexity index is 430. The first-order valence-corrected chi connectivity index (χ1v) is 4.92. The van der Waals surface area contributed by atoms with Crippen molar-refractivity contribution in [2.75, 3.05) is 13.2 Å². The van der Waals surface area contributed by atoms with Crippen molar-refractivity contribution in [2.24, 2.45) is 0 Å². The van der Waals surface area contributed by atoms with E-state index >= 15 is 0 Å². The van der Waals surface area contributed by atoms with E-state index in [0.29, 0.717) is 13.2 Å². The fourth-order valence-corrected chi connectivity index (χ4v) is 1.41. The van der Waals surface area contributed by atoms with Gasteiger partial charge in [0.1, 0.15) is 11.6 Å². The summed E-state index contributed by atoms with van der Waals surface area (Å²) in [7, 11) is 0. The molecule has 1 aliphatic rings. The zero-order chi connectivity index (χ0) is 11.7. The summed E-state index contributed by atoms with van der Waals surface area (Å²) in [5.41, 5.74) is 0.113. The summed E-state index contributed by atoms with van der Waals surface area (Å²) in [5.74, 6) is -2.03. The smallest absolute Gasteiger partial charge is 0.254 e. The lowest BCUT2D eigenvalue weighted by atomic mass is 10.1. The Balaban J connectivity index is 2.18. The molecule has 1 amide bonds. The number of halogens is 2. The molecule has 86 valence electrons. The van der Waals surface area contributed by atoms with E-state index in [1.54, 1.807) is 0 Å². The number of nitrogens with one attached hydrogen (secondary N) is 1. The van der Waals surface area contributed by atoms with E-state index in [4.69, 9.17) is 4.74 Å². The van der Waals surface area contributed by atoms with Crippen LogP contribution >= 0.6 is 0 Å². The summed E-state index contributed by atoms with van der Waals surface area (Å²) in [6.07, 6.45) is 0. The molecule has 0 aliphatic carbocycles. The van der Waals surface area contributed by atoms with Crippen LogP contribution < -0.4 is 5.32 Å². The minimum absolute atomic E-state index is 0.0720. The Morgan fingerprint density at radius 1 is 1.38 bits per heavy atom. The van der Waals surface area contributed by atoms with Crippen LogP contribution in [0.4, 0.5) is 8.78 Å². The molecule has 5 heteroatoms. The van der Waals surface area contributed by atoms with Crippen molar-refractivity contribution in [3.8, 4) is 0 Å². The third-order valence-corrected chi connectivity index (χ3v) is 2.47. The van der Waals surface area contributed by atoms with Gasteiger partial charge in [-0.2, -0.15) is 0 Å². The van der Waals surface area contributed by atoms with Crippen molar-refractivity contribution in [3.05, 3.63) is 34.9 Å². The fourth-order valence-electron chi connectivity index (χ4n) is 1.41. The first kappa shape index (κ1) is 11.0. The highest BCUT2D eigenvalue weighted by molar-refractivity contribution is 5.94. The summed E-state index contributed by atoms with van der Waals surface area (Å²) in [5, 5.41) is 2.59. The van der Waals surface area contributed by atoms with Crippen molar-refractivity contribution in [1.82, 2.24) is 5.32 Å². The lowest BCUT2D eigenvalue weighted by Crippen LogP contribution is -2.48. The number of aryl methyl sites for hydroxylation is 1. The molecule has 0 unspecified atom stereocenters. The van der Waals surface area contributed by atoms with Crippen LogP contribution in [-0.2, 0) is 4.74 Å². The van der Waals surface area contributed by atoms with E-state index in [-0.39, 0.29) is 17.2 Å². The van der Waals surface area contributed by atoms with Crippen molar-refractivity contribution in [1.29, 1.82) is 0 Å². The second-order valence-corrected chi connectivity index (χ2v) is 3.79. The summed E-state index contributed by atoms with van der Waals surface area (Å²) < 4.78 is 31.2. The molecule has 16 heavy (non-hydrogen) atoms. The van der Waals surface area contributed by atoms with Crippen molar-refractivity contribution in [3.63, 3.8) is 0 Å². The maximum absolute atomic E-state index is 13.3. The van der Waals surface area contributed by atoms with E-state index in [9.17, 15) is 13.6 Å². The summed E-state index contributed by atoms with van der Waals surface area (Å²) in [6.45, 7) is 2.36. The number of carbonyl (C=O) groups excluding carboxylic acids is 1. The normalized spacial score (nSPS) is 15.7. The fraction of sp³-hybridized carbons (Fsp3) is 0.364. The Morgan fingerprint density at radius 3 is 2.62 bits per heavy atom. The average molecular weight is 227 g/mol. The molecule has 0 bridgehead atoms. The van der Waals surface area contributed by atoms with Gasteiger partial charge in [0, 0.05) is 6.07 Å². The van der Waals surface area contributed by atoms with Crippen LogP contribution in [0.25, 0.3) is 0 Å². The molecule has 1 aliphatic heterocycles. The van der Waals surface area contributed by atoms with Gasteiger partial charge in [-0.25, -0.2) is 8.78 Å². The topological polar surface area (TPSA) is 38.3 Å². The molecular weight excluding hydrogens is 216 g/mol. The first-order valence-electron chi connectivity index (χ1n) is 4.92. The lowest BCUT2D eigenvalue weighted by Gasteiger charge is -2.26. The molecular formula is C11H11F2NO2. The summed E-state index contributed by atoms with van der Waals surface area (Å²) in [6, 6.07) is 1.86. The average Bonchev–Trinajstić information content (AvgIpc) is 2.17. The highest BCUT2D eigenvalue weighted by atomic mass is 19.1. The molecule has 0 aromatic heterocycles. The van der Waals surface area contributed by atoms with E-state index in [0.717, 1.165) is 6.07 Å². The van der Waals surface area contributed by atoms with Gasteiger partial charge in [-0.3, -0.25) is 4.79 Å². The van der Waals surface area contributed by atoms with Crippen molar-refractivity contribution < 1.29 is 18.3 Å². The molecule has 0 saturated carbocycles. The van der Waals surface area contributed by atoms with Gasteiger partial charge in [0.2, 0.25) is 0 Å². The lowest BCUT2D eigenvalue weighted by molar-refractivity contribution is -0.00353. The highest BCUT2D eigenvalue weighted by Gasteiger charge is 2.23. The van der Waals surface area contributed by atoms with Crippen LogP contribution in [0.5, 0.6) is 0 Å². The van der Waals surface area contributed by atoms with E-state index < -0.39 is 17.5 Å². The summed E-state index contributed by atoms with van der Waals surface area (Å²) in [4.78, 5) is 11.6. The Labute approximate surface area is 91.4 Å². The van der Waals surface area contributed by atoms with E-state index in [1.807, 2.05) is 0 Å².